The van der Waals surface area contributed by atoms with Gasteiger partial charge in [-0.25, -0.2) is 0 Å². The van der Waals surface area contributed by atoms with E-state index in [0.29, 0.717) is 0 Å². The van der Waals surface area contributed by atoms with Crippen LogP contribution in [-0.4, -0.2) is 13.1 Å². The first-order chi connectivity index (χ1) is 10.3. The first kappa shape index (κ1) is 21.0. The summed E-state index contributed by atoms with van der Waals surface area (Å²) < 4.78 is 0. The van der Waals surface area contributed by atoms with Gasteiger partial charge in [0.05, 0.1) is 0 Å². The van der Waals surface area contributed by atoms with E-state index in [0.717, 1.165) is 11.8 Å². The fourth-order valence-corrected chi connectivity index (χ4v) is 3.37. The Morgan fingerprint density at radius 3 is 1.29 bits per heavy atom. The lowest BCUT2D eigenvalue weighted by Gasteiger charge is -2.21. The van der Waals surface area contributed by atoms with Gasteiger partial charge in [-0.3, -0.25) is 0 Å². The van der Waals surface area contributed by atoms with E-state index in [-0.39, 0.29) is 0 Å². The summed E-state index contributed by atoms with van der Waals surface area (Å²) >= 11 is 0. The van der Waals surface area contributed by atoms with Crippen molar-refractivity contribution >= 4 is 0 Å². The van der Waals surface area contributed by atoms with Gasteiger partial charge in [-0.1, -0.05) is 79.1 Å². The maximum atomic E-state index is 3.81. The molecule has 0 radical (unpaired) electrons. The highest BCUT2D eigenvalue weighted by Crippen LogP contribution is 2.17. The van der Waals surface area contributed by atoms with Gasteiger partial charge in [0, 0.05) is 0 Å². The van der Waals surface area contributed by atoms with Crippen molar-refractivity contribution in [2.75, 3.05) is 13.1 Å². The fraction of sp³-hybridized carbons (Fsp3) is 1.00. The molecule has 0 aromatic rings. The van der Waals surface area contributed by atoms with Gasteiger partial charge in [0.1, 0.15) is 0 Å². The third-order valence-corrected chi connectivity index (χ3v) is 4.69. The zero-order chi connectivity index (χ0) is 15.8. The Hall–Kier alpha value is -0.0400. The summed E-state index contributed by atoms with van der Waals surface area (Å²) in [7, 11) is 0. The van der Waals surface area contributed by atoms with Gasteiger partial charge >= 0.3 is 0 Å². The van der Waals surface area contributed by atoms with Crippen LogP contribution in [0.2, 0.25) is 0 Å². The van der Waals surface area contributed by atoms with E-state index in [2.05, 4.69) is 33.0 Å². The van der Waals surface area contributed by atoms with Crippen LogP contribution in [-0.2, 0) is 0 Å². The first-order valence-electron chi connectivity index (χ1n) is 9.99. The van der Waals surface area contributed by atoms with Crippen molar-refractivity contribution < 1.29 is 0 Å². The average molecular weight is 298 g/mol. The lowest BCUT2D eigenvalue weighted by Crippen LogP contribution is -2.28. The third-order valence-electron chi connectivity index (χ3n) is 4.69. The van der Waals surface area contributed by atoms with Gasteiger partial charge in [-0.15, -0.1) is 0 Å². The summed E-state index contributed by atoms with van der Waals surface area (Å²) in [5.41, 5.74) is 0. The van der Waals surface area contributed by atoms with E-state index >= 15 is 0 Å². The molecule has 0 heterocycles. The number of unbranched alkanes of at least 4 members (excludes halogenated alkanes) is 4. The molecule has 0 bridgehead atoms. The summed E-state index contributed by atoms with van der Waals surface area (Å²) in [6.45, 7) is 11.8. The molecule has 21 heavy (non-hydrogen) atoms. The summed E-state index contributed by atoms with van der Waals surface area (Å²) in [6, 6.07) is 0. The van der Waals surface area contributed by atoms with Gasteiger partial charge in [0.15, 0.2) is 0 Å². The van der Waals surface area contributed by atoms with Gasteiger partial charge in [-0.2, -0.15) is 0 Å². The molecule has 1 N–H and O–H groups in total. The molecule has 0 aliphatic rings. The summed E-state index contributed by atoms with van der Waals surface area (Å²) in [5.74, 6) is 1.83. The molecule has 0 saturated carbocycles. The molecule has 128 valence electrons. The molecule has 0 spiro atoms. The molecule has 0 fully saturated rings. The van der Waals surface area contributed by atoms with E-state index in [1.807, 2.05) is 0 Å². The number of nitrogens with one attached hydrogen (secondary N) is 1. The molecule has 0 saturated heterocycles. The second kappa shape index (κ2) is 16.3. The molecule has 0 aliphatic carbocycles. The minimum atomic E-state index is 0.916. The molecule has 0 aromatic carbocycles. The van der Waals surface area contributed by atoms with Crippen LogP contribution in [0, 0.1) is 11.8 Å². The van der Waals surface area contributed by atoms with Crippen LogP contribution in [0.3, 0.4) is 0 Å². The molecule has 0 amide bonds. The van der Waals surface area contributed by atoms with Crippen molar-refractivity contribution in [3.05, 3.63) is 0 Å². The van der Waals surface area contributed by atoms with Crippen molar-refractivity contribution in [1.82, 2.24) is 5.32 Å². The van der Waals surface area contributed by atoms with Gasteiger partial charge < -0.3 is 5.32 Å². The SMILES string of the molecule is CCCCCC(CCC)CNCC(CCC)CCCCC. The molecule has 2 unspecified atom stereocenters. The van der Waals surface area contributed by atoms with E-state index in [1.54, 1.807) is 0 Å². The number of hydrogen-bond acceptors (Lipinski definition) is 1. The fourth-order valence-electron chi connectivity index (χ4n) is 3.37. The van der Waals surface area contributed by atoms with Crippen molar-refractivity contribution in [2.24, 2.45) is 11.8 Å². The maximum absolute atomic E-state index is 3.81. The van der Waals surface area contributed by atoms with Gasteiger partial charge in [0.25, 0.3) is 0 Å². The van der Waals surface area contributed by atoms with Crippen LogP contribution >= 0.6 is 0 Å². The molecule has 1 nitrogen and oxygen atoms in total. The Kier molecular flexibility index (Phi) is 16.3. The molecule has 0 aromatic heterocycles. The highest BCUT2D eigenvalue weighted by Gasteiger charge is 2.10. The van der Waals surface area contributed by atoms with E-state index < -0.39 is 0 Å². The zero-order valence-corrected chi connectivity index (χ0v) is 15.6. The Bertz CT molecular complexity index is 170. The normalized spacial score (nSPS) is 14.3. The summed E-state index contributed by atoms with van der Waals surface area (Å²) in [4.78, 5) is 0. The highest BCUT2D eigenvalue weighted by atomic mass is 14.9. The van der Waals surface area contributed by atoms with Gasteiger partial charge in [-0.05, 0) is 50.6 Å². The predicted octanol–water partition coefficient (Wildman–Crippen LogP) is 6.57. The quantitative estimate of drug-likeness (QED) is 0.318. The standard InChI is InChI=1S/C20H43N/c1-5-9-11-15-19(13-7-3)17-21-18-20(14-8-4)16-12-10-6-2/h19-21H,5-18H2,1-4H3. The number of hydrogen-bond donors (Lipinski definition) is 1. The smallest absolute Gasteiger partial charge is 0.00204 e. The molecule has 2 atom stereocenters. The minimum Gasteiger partial charge on any atom is -0.316 e. The topological polar surface area (TPSA) is 12.0 Å². The van der Waals surface area contributed by atoms with Crippen LogP contribution in [0.15, 0.2) is 0 Å². The van der Waals surface area contributed by atoms with Crippen LogP contribution in [0.25, 0.3) is 0 Å². The van der Waals surface area contributed by atoms with Crippen molar-refractivity contribution in [1.29, 1.82) is 0 Å². The Morgan fingerprint density at radius 1 is 0.524 bits per heavy atom. The van der Waals surface area contributed by atoms with E-state index in [9.17, 15) is 0 Å². The van der Waals surface area contributed by atoms with Crippen LogP contribution in [0.5, 0.6) is 0 Å². The maximum Gasteiger partial charge on any atom is -0.00204 e. The third kappa shape index (κ3) is 13.4. The predicted molar refractivity (Wildman–Crippen MR) is 97.9 cm³/mol. The summed E-state index contributed by atoms with van der Waals surface area (Å²) in [5, 5.41) is 3.81. The van der Waals surface area contributed by atoms with Crippen molar-refractivity contribution in [3.63, 3.8) is 0 Å². The number of rotatable bonds is 16. The van der Waals surface area contributed by atoms with Crippen LogP contribution in [0.4, 0.5) is 0 Å². The molecule has 0 rings (SSSR count). The Morgan fingerprint density at radius 2 is 0.952 bits per heavy atom. The minimum absolute atomic E-state index is 0.916. The van der Waals surface area contributed by atoms with Crippen LogP contribution in [0.1, 0.15) is 105 Å². The highest BCUT2D eigenvalue weighted by molar-refractivity contribution is 4.67. The largest absolute Gasteiger partial charge is 0.316 e. The van der Waals surface area contributed by atoms with Crippen molar-refractivity contribution in [2.45, 2.75) is 105 Å². The average Bonchev–Trinajstić information content (AvgIpc) is 2.47. The van der Waals surface area contributed by atoms with E-state index in [4.69, 9.17) is 0 Å². The molecule has 0 aliphatic heterocycles. The lowest BCUT2D eigenvalue weighted by molar-refractivity contribution is 0.353. The van der Waals surface area contributed by atoms with Crippen molar-refractivity contribution in [3.8, 4) is 0 Å². The molecule has 1 heteroatoms. The van der Waals surface area contributed by atoms with E-state index in [1.165, 1.54) is 90.1 Å². The zero-order valence-electron chi connectivity index (χ0n) is 15.6. The summed E-state index contributed by atoms with van der Waals surface area (Å²) in [6.07, 6.45) is 16.7. The lowest BCUT2D eigenvalue weighted by atomic mass is 9.94. The molecular formula is C20H43N. The van der Waals surface area contributed by atoms with Crippen LogP contribution < -0.4 is 5.32 Å². The molecular weight excluding hydrogens is 254 g/mol. The monoisotopic (exact) mass is 297 g/mol. The Labute approximate surface area is 135 Å². The first-order valence-corrected chi connectivity index (χ1v) is 9.99. The second-order valence-electron chi connectivity index (χ2n) is 6.96. The second-order valence-corrected chi connectivity index (χ2v) is 6.96. The van der Waals surface area contributed by atoms with Gasteiger partial charge in [0.2, 0.25) is 0 Å². The Balaban J connectivity index is 3.88.